The molecule has 5 nitrogen and oxygen atoms in total. The molecule has 0 aliphatic carbocycles. The van der Waals surface area contributed by atoms with E-state index in [4.69, 9.17) is 0 Å². The number of fused-ring (bicyclic) bond motifs is 2. The Morgan fingerprint density at radius 2 is 1.21 bits per heavy atom. The van der Waals surface area contributed by atoms with E-state index >= 15 is 0 Å². The summed E-state index contributed by atoms with van der Waals surface area (Å²) in [7, 11) is 9.34. The summed E-state index contributed by atoms with van der Waals surface area (Å²) in [5.41, 5.74) is 4.05. The van der Waals surface area contributed by atoms with Gasteiger partial charge in [-0.15, -0.1) is 0 Å². The van der Waals surface area contributed by atoms with Gasteiger partial charge in [0.05, 0.1) is 33.7 Å². The SMILES string of the molecule is [Cl][Cu][Cl].c1ccc2[nH]c(C[N-]Cc3nc4ccccc4[nH]3)nc2c1. The molecule has 4 aromatic rings. The summed E-state index contributed by atoms with van der Waals surface area (Å²) >= 11 is 0.757. The van der Waals surface area contributed by atoms with Crippen LogP contribution < -0.4 is 0 Å². The first-order chi connectivity index (χ1) is 11.8. The van der Waals surface area contributed by atoms with Crippen LogP contribution in [0.25, 0.3) is 27.4 Å². The summed E-state index contributed by atoms with van der Waals surface area (Å²) in [5.74, 6) is 1.76. The zero-order valence-corrected chi connectivity index (χ0v) is 14.9. The molecule has 0 aliphatic rings. The Morgan fingerprint density at radius 3 is 1.62 bits per heavy atom. The summed E-state index contributed by atoms with van der Waals surface area (Å²) < 4.78 is 0. The molecule has 8 heteroatoms. The average molecular weight is 411 g/mol. The van der Waals surface area contributed by atoms with Crippen molar-refractivity contribution in [2.45, 2.75) is 13.1 Å². The van der Waals surface area contributed by atoms with E-state index in [1.165, 1.54) is 0 Å². The molecular weight excluding hydrogens is 397 g/mol. The number of aromatic amines is 2. The Bertz CT molecular complexity index is 781. The quantitative estimate of drug-likeness (QED) is 0.470. The first-order valence-corrected chi connectivity index (χ1v) is 9.71. The molecule has 129 valence electrons. The third kappa shape index (κ3) is 4.29. The number of rotatable bonds is 4. The van der Waals surface area contributed by atoms with Gasteiger partial charge in [0.15, 0.2) is 0 Å². The van der Waals surface area contributed by atoms with Gasteiger partial charge in [-0.2, -0.15) is 0 Å². The van der Waals surface area contributed by atoms with Crippen LogP contribution in [0.2, 0.25) is 0 Å². The van der Waals surface area contributed by atoms with Crippen molar-refractivity contribution in [1.29, 1.82) is 0 Å². The smallest absolute Gasteiger partial charge is 0.0885 e. The van der Waals surface area contributed by atoms with Crippen molar-refractivity contribution in [3.8, 4) is 0 Å². The van der Waals surface area contributed by atoms with E-state index in [2.05, 4.69) is 45.4 Å². The van der Waals surface area contributed by atoms with Gasteiger partial charge >= 0.3 is 33.3 Å². The number of halogens is 2. The molecule has 0 radical (unpaired) electrons. The summed E-state index contributed by atoms with van der Waals surface area (Å²) in [5, 5.41) is 4.51. The monoisotopic (exact) mass is 409 g/mol. The van der Waals surface area contributed by atoms with E-state index in [1.807, 2.05) is 48.5 Å². The molecule has 0 fully saturated rings. The number of nitrogens with one attached hydrogen (secondary N) is 2. The first-order valence-electron chi connectivity index (χ1n) is 7.12. The van der Waals surface area contributed by atoms with Crippen LogP contribution in [0.4, 0.5) is 0 Å². The minimum Gasteiger partial charge on any atom is -0.650 e. The van der Waals surface area contributed by atoms with Gasteiger partial charge in [-0.3, -0.25) is 0 Å². The normalized spacial score (nSPS) is 10.9. The molecule has 2 aromatic carbocycles. The molecule has 0 saturated heterocycles. The third-order valence-electron chi connectivity index (χ3n) is 3.40. The molecule has 4 rings (SSSR count). The maximum absolute atomic E-state index is 4.67. The molecule has 0 aliphatic heterocycles. The second-order valence-corrected chi connectivity index (χ2v) is 6.54. The van der Waals surface area contributed by atoms with Gasteiger partial charge in [0.25, 0.3) is 0 Å². The Hall–Kier alpha value is -1.56. The molecular formula is C16H14Cl2CuN5-. The van der Waals surface area contributed by atoms with Crippen molar-refractivity contribution >= 4 is 42.3 Å². The number of H-pyrrole nitrogens is 2. The number of nitrogens with zero attached hydrogens (tertiary/aromatic N) is 3. The number of para-hydroxylation sites is 4. The van der Waals surface area contributed by atoms with E-state index in [-0.39, 0.29) is 0 Å². The van der Waals surface area contributed by atoms with Crippen LogP contribution in [0.5, 0.6) is 0 Å². The van der Waals surface area contributed by atoms with Gasteiger partial charge in [-0.25, -0.2) is 9.97 Å². The van der Waals surface area contributed by atoms with Crippen LogP contribution in [-0.4, -0.2) is 19.9 Å². The van der Waals surface area contributed by atoms with E-state index in [1.54, 1.807) is 0 Å². The van der Waals surface area contributed by atoms with E-state index < -0.39 is 0 Å². The zero-order chi connectivity index (χ0) is 16.8. The molecule has 0 bridgehead atoms. The van der Waals surface area contributed by atoms with E-state index in [0.717, 1.165) is 46.8 Å². The molecule has 0 spiro atoms. The fourth-order valence-corrected chi connectivity index (χ4v) is 2.43. The Balaban J connectivity index is 0.000000526. The van der Waals surface area contributed by atoms with Gasteiger partial charge in [-0.05, 0) is 24.3 Å². The molecule has 2 aromatic heterocycles. The van der Waals surface area contributed by atoms with Crippen molar-refractivity contribution in [2.75, 3.05) is 0 Å². The van der Waals surface area contributed by atoms with Crippen LogP contribution in [0, 0.1) is 0 Å². The van der Waals surface area contributed by atoms with Crippen LogP contribution in [0.15, 0.2) is 48.5 Å². The fourth-order valence-electron chi connectivity index (χ4n) is 2.43. The molecule has 0 saturated carbocycles. The minimum absolute atomic E-state index is 0.561. The van der Waals surface area contributed by atoms with Crippen LogP contribution in [0.1, 0.15) is 11.6 Å². The average Bonchev–Trinajstić information content (AvgIpc) is 3.18. The van der Waals surface area contributed by atoms with Crippen molar-refractivity contribution in [2.24, 2.45) is 0 Å². The van der Waals surface area contributed by atoms with Crippen molar-refractivity contribution in [1.82, 2.24) is 19.9 Å². The molecule has 0 unspecified atom stereocenters. The van der Waals surface area contributed by atoms with E-state index in [9.17, 15) is 0 Å². The fraction of sp³-hybridized carbons (Fsp3) is 0.125. The molecule has 24 heavy (non-hydrogen) atoms. The predicted molar refractivity (Wildman–Crippen MR) is 94.7 cm³/mol. The number of hydrogen-bond donors (Lipinski definition) is 2. The van der Waals surface area contributed by atoms with E-state index in [0.29, 0.717) is 13.1 Å². The van der Waals surface area contributed by atoms with Crippen molar-refractivity contribution < 1.29 is 13.1 Å². The standard InChI is InChI=1S/C16H14N5.2ClH.Cu/c1-2-6-12-11(5-1)18-15(19-12)9-17-10-16-20-13-7-3-4-8-14(13)21-16;;;/h1-8H,9-10H2,(H,18,19)(H,20,21);2*1H;/q-1;;;+2/p-2. The Morgan fingerprint density at radius 1 is 0.792 bits per heavy atom. The Kier molecular flexibility index (Phi) is 6.12. The molecule has 0 amide bonds. The largest absolute Gasteiger partial charge is 0.650 e. The Labute approximate surface area is 153 Å². The van der Waals surface area contributed by atoms with Crippen LogP contribution in [0.3, 0.4) is 0 Å². The van der Waals surface area contributed by atoms with Crippen molar-refractivity contribution in [3.05, 3.63) is 65.5 Å². The second kappa shape index (κ2) is 8.51. The first kappa shape index (κ1) is 17.3. The van der Waals surface area contributed by atoms with Gasteiger partial charge < -0.3 is 15.3 Å². The maximum atomic E-state index is 4.67. The zero-order valence-electron chi connectivity index (χ0n) is 12.4. The second-order valence-electron chi connectivity index (χ2n) is 4.98. The topological polar surface area (TPSA) is 71.5 Å². The summed E-state index contributed by atoms with van der Waals surface area (Å²) in [6.45, 7) is 1.12. The van der Waals surface area contributed by atoms with Gasteiger partial charge in [0.2, 0.25) is 0 Å². The van der Waals surface area contributed by atoms with Gasteiger partial charge in [0.1, 0.15) is 0 Å². The predicted octanol–water partition coefficient (Wildman–Crippen LogP) is 4.89. The summed E-state index contributed by atoms with van der Waals surface area (Å²) in [6, 6.07) is 16.0. The van der Waals surface area contributed by atoms with Gasteiger partial charge in [-0.1, -0.05) is 37.4 Å². The maximum Gasteiger partial charge on any atom is 0.0885 e. The third-order valence-corrected chi connectivity index (χ3v) is 3.40. The van der Waals surface area contributed by atoms with Gasteiger partial charge in [0, 0.05) is 0 Å². The summed E-state index contributed by atoms with van der Waals surface area (Å²) in [6.07, 6.45) is 0. The van der Waals surface area contributed by atoms with Crippen LogP contribution in [-0.2, 0) is 26.2 Å². The minimum atomic E-state index is 0.561. The number of imidazole rings is 2. The number of aromatic nitrogens is 4. The molecule has 0 atom stereocenters. The van der Waals surface area contributed by atoms with Crippen molar-refractivity contribution in [3.63, 3.8) is 0 Å². The summed E-state index contributed by atoms with van der Waals surface area (Å²) in [4.78, 5) is 15.6. The molecule has 2 N–H and O–H groups in total. The number of benzene rings is 2. The number of hydrogen-bond acceptors (Lipinski definition) is 2. The molecule has 2 heterocycles. The van der Waals surface area contributed by atoms with Crippen LogP contribution >= 0.6 is 20.2 Å².